The molecule has 0 aromatic heterocycles. The lowest BCUT2D eigenvalue weighted by Crippen LogP contribution is -2.24. The summed E-state index contributed by atoms with van der Waals surface area (Å²) in [7, 11) is 0. The number of carboxylic acids is 1. The number of aliphatic hydroxyl groups excluding tert-OH is 1. The van der Waals surface area contributed by atoms with Crippen LogP contribution >= 0.6 is 0 Å². The maximum absolute atomic E-state index is 9.77. The second-order valence-electron chi connectivity index (χ2n) is 1.36. The quantitative estimate of drug-likeness (QED) is 0.464. The van der Waals surface area contributed by atoms with Crippen LogP contribution < -0.4 is 5.11 Å². The third kappa shape index (κ3) is 2.36. The van der Waals surface area contributed by atoms with Crippen LogP contribution in [0.1, 0.15) is 6.42 Å². The molecule has 8 heavy (non-hydrogen) atoms. The number of carbonyl (C=O) groups excluding carboxylic acids is 1. The van der Waals surface area contributed by atoms with E-state index in [-0.39, 0.29) is 18.6 Å². The summed E-state index contributed by atoms with van der Waals surface area (Å²) in [5, 5.41) is 17.9. The van der Waals surface area contributed by atoms with Crippen molar-refractivity contribution in [3.63, 3.8) is 0 Å². The Balaban J connectivity index is 3.49. The Hall–Kier alpha value is -0.830. The van der Waals surface area contributed by atoms with E-state index in [2.05, 4.69) is 6.58 Å². The summed E-state index contributed by atoms with van der Waals surface area (Å²) in [6.07, 6.45) is 0.0856. The van der Waals surface area contributed by atoms with Crippen LogP contribution in [0.5, 0.6) is 0 Å². The van der Waals surface area contributed by atoms with Gasteiger partial charge < -0.3 is 15.0 Å². The monoisotopic (exact) mass is 115 g/mol. The molecule has 0 atom stereocenters. The van der Waals surface area contributed by atoms with Crippen LogP contribution in [0.15, 0.2) is 12.2 Å². The number of hydrogen-bond donors (Lipinski definition) is 1. The molecule has 0 amide bonds. The van der Waals surface area contributed by atoms with Gasteiger partial charge in [-0.3, -0.25) is 0 Å². The van der Waals surface area contributed by atoms with E-state index < -0.39 is 5.97 Å². The Morgan fingerprint density at radius 1 is 1.75 bits per heavy atom. The first kappa shape index (κ1) is 7.17. The summed E-state index contributed by atoms with van der Waals surface area (Å²) >= 11 is 0. The van der Waals surface area contributed by atoms with E-state index in [1.54, 1.807) is 0 Å². The van der Waals surface area contributed by atoms with Crippen molar-refractivity contribution in [2.45, 2.75) is 6.42 Å². The fourth-order valence-corrected chi connectivity index (χ4v) is 0.237. The van der Waals surface area contributed by atoms with Crippen molar-refractivity contribution in [3.8, 4) is 0 Å². The summed E-state index contributed by atoms with van der Waals surface area (Å²) in [4.78, 5) is 9.77. The van der Waals surface area contributed by atoms with E-state index in [9.17, 15) is 9.90 Å². The number of rotatable bonds is 3. The summed E-state index contributed by atoms with van der Waals surface area (Å²) in [6.45, 7) is 2.93. The predicted octanol–water partition coefficient (Wildman–Crippen LogP) is -1.33. The minimum Gasteiger partial charge on any atom is -0.545 e. The molecule has 0 saturated heterocycles. The third-order valence-corrected chi connectivity index (χ3v) is 0.702. The maximum Gasteiger partial charge on any atom is 0.0669 e. The zero-order valence-corrected chi connectivity index (χ0v) is 4.39. The maximum atomic E-state index is 9.77. The molecule has 0 spiro atoms. The third-order valence-electron chi connectivity index (χ3n) is 0.702. The highest BCUT2D eigenvalue weighted by Crippen LogP contribution is 1.91. The first-order chi connectivity index (χ1) is 3.68. The largest absolute Gasteiger partial charge is 0.545 e. The number of aliphatic hydroxyl groups is 1. The summed E-state index contributed by atoms with van der Waals surface area (Å²) in [5.74, 6) is -1.29. The smallest absolute Gasteiger partial charge is 0.0669 e. The Labute approximate surface area is 47.3 Å². The van der Waals surface area contributed by atoms with Gasteiger partial charge in [0.1, 0.15) is 0 Å². The molecule has 0 aliphatic rings. The van der Waals surface area contributed by atoms with Crippen molar-refractivity contribution < 1.29 is 15.0 Å². The number of hydrogen-bond acceptors (Lipinski definition) is 3. The van der Waals surface area contributed by atoms with Gasteiger partial charge in [-0.05, 0) is 12.0 Å². The average Bonchev–Trinajstić information content (AvgIpc) is 1.67. The van der Waals surface area contributed by atoms with Crippen LogP contribution in [0.3, 0.4) is 0 Å². The van der Waals surface area contributed by atoms with E-state index in [0.717, 1.165) is 0 Å². The molecule has 0 aromatic carbocycles. The normalized spacial score (nSPS) is 8.62. The molecule has 3 nitrogen and oxygen atoms in total. The molecule has 0 unspecified atom stereocenters. The van der Waals surface area contributed by atoms with E-state index in [4.69, 9.17) is 5.11 Å². The summed E-state index contributed by atoms with van der Waals surface area (Å²) in [6, 6.07) is 0. The van der Waals surface area contributed by atoms with Crippen LogP contribution in [0.2, 0.25) is 0 Å². The van der Waals surface area contributed by atoms with Gasteiger partial charge in [0.15, 0.2) is 0 Å². The fraction of sp³-hybridized carbons (Fsp3) is 0.400. The number of carbonyl (C=O) groups is 1. The molecular weight excluding hydrogens is 108 g/mol. The van der Waals surface area contributed by atoms with Crippen molar-refractivity contribution in [2.24, 2.45) is 0 Å². The lowest BCUT2D eigenvalue weighted by atomic mass is 10.2. The van der Waals surface area contributed by atoms with Crippen LogP contribution in [-0.4, -0.2) is 17.7 Å². The molecule has 46 valence electrons. The standard InChI is InChI=1S/C5H8O3/c1-4(2-3-6)5(7)8/h6H,1-3H2,(H,7,8)/p-1. The van der Waals surface area contributed by atoms with Crippen molar-refractivity contribution >= 4 is 5.97 Å². The molecule has 0 aromatic rings. The Morgan fingerprint density at radius 2 is 2.25 bits per heavy atom. The first-order valence-electron chi connectivity index (χ1n) is 2.18. The van der Waals surface area contributed by atoms with E-state index in [0.29, 0.717) is 0 Å². The van der Waals surface area contributed by atoms with Crippen molar-refractivity contribution in [3.05, 3.63) is 12.2 Å². The highest BCUT2D eigenvalue weighted by atomic mass is 16.4. The lowest BCUT2D eigenvalue weighted by Gasteiger charge is -2.01. The van der Waals surface area contributed by atoms with Gasteiger partial charge in [-0.2, -0.15) is 0 Å². The lowest BCUT2D eigenvalue weighted by molar-refractivity contribution is -0.299. The minimum absolute atomic E-state index is 0.0625. The van der Waals surface area contributed by atoms with Crippen LogP contribution in [0.4, 0.5) is 0 Å². The zero-order chi connectivity index (χ0) is 6.57. The highest BCUT2D eigenvalue weighted by molar-refractivity contribution is 5.83. The van der Waals surface area contributed by atoms with Gasteiger partial charge in [-0.25, -0.2) is 0 Å². The zero-order valence-electron chi connectivity index (χ0n) is 4.39. The summed E-state index contributed by atoms with van der Waals surface area (Å²) in [5.41, 5.74) is -0.0625. The van der Waals surface area contributed by atoms with Crippen LogP contribution in [-0.2, 0) is 4.79 Å². The van der Waals surface area contributed by atoms with Gasteiger partial charge in [0.2, 0.25) is 0 Å². The second-order valence-corrected chi connectivity index (χ2v) is 1.36. The van der Waals surface area contributed by atoms with Gasteiger partial charge in [0.05, 0.1) is 5.97 Å². The van der Waals surface area contributed by atoms with E-state index in [1.165, 1.54) is 0 Å². The molecule has 0 aliphatic heterocycles. The number of aliphatic carboxylic acids is 1. The van der Waals surface area contributed by atoms with Gasteiger partial charge in [0, 0.05) is 6.61 Å². The van der Waals surface area contributed by atoms with Crippen molar-refractivity contribution in [1.29, 1.82) is 0 Å². The molecule has 0 fully saturated rings. The van der Waals surface area contributed by atoms with Gasteiger partial charge in [-0.1, -0.05) is 6.58 Å². The van der Waals surface area contributed by atoms with Crippen LogP contribution in [0.25, 0.3) is 0 Å². The molecule has 0 aliphatic carbocycles. The average molecular weight is 115 g/mol. The molecular formula is C5H7O3-. The predicted molar refractivity (Wildman–Crippen MR) is 25.8 cm³/mol. The fourth-order valence-electron chi connectivity index (χ4n) is 0.237. The summed E-state index contributed by atoms with van der Waals surface area (Å²) < 4.78 is 0. The SMILES string of the molecule is C=C(CCO)C(=O)[O-]. The molecule has 1 N–H and O–H groups in total. The minimum atomic E-state index is -1.29. The highest BCUT2D eigenvalue weighted by Gasteiger charge is 1.90. The van der Waals surface area contributed by atoms with E-state index in [1.807, 2.05) is 0 Å². The van der Waals surface area contributed by atoms with Gasteiger partial charge >= 0.3 is 0 Å². The Bertz CT molecular complexity index is 106. The molecule has 3 heteroatoms. The first-order valence-corrected chi connectivity index (χ1v) is 2.18. The van der Waals surface area contributed by atoms with E-state index >= 15 is 0 Å². The van der Waals surface area contributed by atoms with Gasteiger partial charge in [-0.15, -0.1) is 0 Å². The molecule has 0 radical (unpaired) electrons. The molecule has 0 heterocycles. The molecule has 0 saturated carbocycles. The topological polar surface area (TPSA) is 60.4 Å². The second kappa shape index (κ2) is 3.21. The molecule has 0 rings (SSSR count). The van der Waals surface area contributed by atoms with Crippen molar-refractivity contribution in [1.82, 2.24) is 0 Å². The Morgan fingerprint density at radius 3 is 2.38 bits per heavy atom. The number of carboxylic acid groups (broad SMARTS) is 1. The molecule has 0 bridgehead atoms. The van der Waals surface area contributed by atoms with Crippen molar-refractivity contribution in [2.75, 3.05) is 6.61 Å². The van der Waals surface area contributed by atoms with Crippen LogP contribution in [0, 0.1) is 0 Å². The van der Waals surface area contributed by atoms with Gasteiger partial charge in [0.25, 0.3) is 0 Å². The Kier molecular flexibility index (Phi) is 2.88.